The Morgan fingerprint density at radius 2 is 2.12 bits per heavy atom. The second kappa shape index (κ2) is 9.42. The molecule has 1 aromatic carbocycles. The zero-order chi connectivity index (χ0) is 18.2. The van der Waals surface area contributed by atoms with Gasteiger partial charge in [0.25, 0.3) is 0 Å². The van der Waals surface area contributed by atoms with E-state index in [9.17, 15) is 9.59 Å². The number of para-hydroxylation sites is 1. The first-order valence-corrected chi connectivity index (χ1v) is 9.05. The van der Waals surface area contributed by atoms with E-state index in [1.54, 1.807) is 0 Å². The highest BCUT2D eigenvalue weighted by molar-refractivity contribution is 5.79. The fraction of sp³-hybridized carbons (Fsp3) is 0.579. The third-order valence-electron chi connectivity index (χ3n) is 4.57. The van der Waals surface area contributed by atoms with Crippen molar-refractivity contribution in [1.82, 2.24) is 10.2 Å². The lowest BCUT2D eigenvalue weighted by atomic mass is 9.98. The van der Waals surface area contributed by atoms with Gasteiger partial charge in [0.05, 0.1) is 19.1 Å². The van der Waals surface area contributed by atoms with Gasteiger partial charge >= 0.3 is 0 Å². The van der Waals surface area contributed by atoms with Gasteiger partial charge in [0.2, 0.25) is 11.8 Å². The number of likely N-dealkylation sites (tertiary alicyclic amines) is 1. The van der Waals surface area contributed by atoms with Gasteiger partial charge in [-0.2, -0.15) is 0 Å². The van der Waals surface area contributed by atoms with E-state index in [-0.39, 0.29) is 24.3 Å². The van der Waals surface area contributed by atoms with Gasteiger partial charge in [0.15, 0.2) is 0 Å². The van der Waals surface area contributed by atoms with Crippen molar-refractivity contribution in [2.45, 2.75) is 51.6 Å². The van der Waals surface area contributed by atoms with Crippen molar-refractivity contribution in [2.24, 2.45) is 5.73 Å². The number of nitrogens with zero attached hydrogens (tertiary/aromatic N) is 1. The van der Waals surface area contributed by atoms with Gasteiger partial charge in [-0.25, -0.2) is 0 Å². The summed E-state index contributed by atoms with van der Waals surface area (Å²) in [6.07, 6.45) is 3.26. The van der Waals surface area contributed by atoms with E-state index in [1.807, 2.05) is 36.1 Å². The van der Waals surface area contributed by atoms with E-state index in [0.717, 1.165) is 31.4 Å². The molecule has 2 unspecified atom stereocenters. The monoisotopic (exact) mass is 347 g/mol. The fourth-order valence-electron chi connectivity index (χ4n) is 3.41. The van der Waals surface area contributed by atoms with E-state index >= 15 is 0 Å². The predicted octanol–water partition coefficient (Wildman–Crippen LogP) is 1.99. The summed E-state index contributed by atoms with van der Waals surface area (Å²) < 4.78 is 5.67. The van der Waals surface area contributed by atoms with Crippen LogP contribution in [0.1, 0.15) is 51.1 Å². The lowest BCUT2D eigenvalue weighted by Crippen LogP contribution is -2.48. The Morgan fingerprint density at radius 3 is 2.80 bits per heavy atom. The summed E-state index contributed by atoms with van der Waals surface area (Å²) >= 11 is 0. The first kappa shape index (κ1) is 19.2. The number of hydrogen-bond donors (Lipinski definition) is 2. The fourth-order valence-corrected chi connectivity index (χ4v) is 3.41. The average Bonchev–Trinajstić information content (AvgIpc) is 2.61. The quantitative estimate of drug-likeness (QED) is 0.790. The van der Waals surface area contributed by atoms with E-state index < -0.39 is 6.04 Å². The summed E-state index contributed by atoms with van der Waals surface area (Å²) in [5, 5.41) is 2.90. The highest BCUT2D eigenvalue weighted by Gasteiger charge is 2.29. The zero-order valence-electron chi connectivity index (χ0n) is 15.2. The van der Waals surface area contributed by atoms with Crippen molar-refractivity contribution in [2.75, 3.05) is 19.7 Å². The Hall–Kier alpha value is -2.08. The van der Waals surface area contributed by atoms with E-state index in [1.165, 1.54) is 6.92 Å². The standard InChI is InChI=1S/C19H29N3O3/c1-3-25-18-10-5-4-9-16(18)17(21-14(2)23)12-19(24)22-11-7-6-8-15(22)13-20/h4-5,9-10,15,17H,3,6-8,11-13,20H2,1-2H3,(H,21,23). The highest BCUT2D eigenvalue weighted by atomic mass is 16.5. The number of hydrogen-bond acceptors (Lipinski definition) is 4. The number of nitrogens with one attached hydrogen (secondary N) is 1. The molecule has 1 aromatic rings. The smallest absolute Gasteiger partial charge is 0.225 e. The Labute approximate surface area is 149 Å². The molecule has 1 fully saturated rings. The minimum atomic E-state index is -0.409. The van der Waals surface area contributed by atoms with E-state index in [0.29, 0.717) is 18.9 Å². The molecule has 25 heavy (non-hydrogen) atoms. The molecule has 0 saturated carbocycles. The van der Waals surface area contributed by atoms with Crippen molar-refractivity contribution in [3.05, 3.63) is 29.8 Å². The summed E-state index contributed by atoms with van der Waals surface area (Å²) in [5.74, 6) is 0.559. The minimum absolute atomic E-state index is 0.0280. The molecule has 0 bridgehead atoms. The third-order valence-corrected chi connectivity index (χ3v) is 4.57. The predicted molar refractivity (Wildman–Crippen MR) is 97.2 cm³/mol. The van der Waals surface area contributed by atoms with Crippen LogP contribution in [0.15, 0.2) is 24.3 Å². The van der Waals surface area contributed by atoms with Gasteiger partial charge in [-0.3, -0.25) is 9.59 Å². The molecule has 6 heteroatoms. The molecule has 3 N–H and O–H groups in total. The summed E-state index contributed by atoms with van der Waals surface area (Å²) in [5.41, 5.74) is 6.66. The normalized spacial score (nSPS) is 18.5. The summed E-state index contributed by atoms with van der Waals surface area (Å²) in [6.45, 7) is 5.12. The number of nitrogens with two attached hydrogens (primary N) is 1. The number of benzene rings is 1. The van der Waals surface area contributed by atoms with Gasteiger partial charge < -0.3 is 20.7 Å². The topological polar surface area (TPSA) is 84.7 Å². The van der Waals surface area contributed by atoms with Gasteiger partial charge in [-0.1, -0.05) is 18.2 Å². The van der Waals surface area contributed by atoms with Crippen LogP contribution in [0.3, 0.4) is 0 Å². The molecule has 0 radical (unpaired) electrons. The summed E-state index contributed by atoms with van der Waals surface area (Å²) in [4.78, 5) is 26.4. The SMILES string of the molecule is CCOc1ccccc1C(CC(=O)N1CCCCC1CN)NC(C)=O. The van der Waals surface area contributed by atoms with Gasteiger partial charge in [0, 0.05) is 31.6 Å². The van der Waals surface area contributed by atoms with Crippen LogP contribution in [0.4, 0.5) is 0 Å². The third kappa shape index (κ3) is 5.19. The van der Waals surface area contributed by atoms with Crippen molar-refractivity contribution in [3.8, 4) is 5.75 Å². The number of amides is 2. The summed E-state index contributed by atoms with van der Waals surface area (Å²) in [6, 6.07) is 7.23. The lowest BCUT2D eigenvalue weighted by Gasteiger charge is -2.36. The number of piperidine rings is 1. The number of carbonyl (C=O) groups excluding carboxylic acids is 2. The van der Waals surface area contributed by atoms with Crippen molar-refractivity contribution < 1.29 is 14.3 Å². The molecular formula is C19H29N3O3. The van der Waals surface area contributed by atoms with Crippen LogP contribution in [0.25, 0.3) is 0 Å². The van der Waals surface area contributed by atoms with Gasteiger partial charge in [0.1, 0.15) is 5.75 Å². The zero-order valence-corrected chi connectivity index (χ0v) is 15.2. The lowest BCUT2D eigenvalue weighted by molar-refractivity contribution is -0.135. The molecule has 0 aromatic heterocycles. The maximum Gasteiger partial charge on any atom is 0.225 e. The van der Waals surface area contributed by atoms with Crippen LogP contribution >= 0.6 is 0 Å². The molecule has 138 valence electrons. The molecule has 2 amide bonds. The van der Waals surface area contributed by atoms with Crippen LogP contribution in [-0.4, -0.2) is 42.5 Å². The molecule has 1 aliphatic rings. The van der Waals surface area contributed by atoms with E-state index in [4.69, 9.17) is 10.5 Å². The molecular weight excluding hydrogens is 318 g/mol. The molecule has 1 heterocycles. The highest BCUT2D eigenvalue weighted by Crippen LogP contribution is 2.29. The van der Waals surface area contributed by atoms with Crippen LogP contribution in [0, 0.1) is 0 Å². The molecule has 0 spiro atoms. The Morgan fingerprint density at radius 1 is 1.36 bits per heavy atom. The Bertz CT molecular complexity index is 591. The minimum Gasteiger partial charge on any atom is -0.494 e. The van der Waals surface area contributed by atoms with Crippen LogP contribution < -0.4 is 15.8 Å². The molecule has 1 aliphatic heterocycles. The van der Waals surface area contributed by atoms with Gasteiger partial charge in [-0.15, -0.1) is 0 Å². The molecule has 2 rings (SSSR count). The van der Waals surface area contributed by atoms with Gasteiger partial charge in [-0.05, 0) is 32.3 Å². The van der Waals surface area contributed by atoms with Crippen molar-refractivity contribution in [1.29, 1.82) is 0 Å². The van der Waals surface area contributed by atoms with Crippen LogP contribution in [-0.2, 0) is 9.59 Å². The molecule has 6 nitrogen and oxygen atoms in total. The number of carbonyl (C=O) groups is 2. The maximum atomic E-state index is 12.9. The average molecular weight is 347 g/mol. The van der Waals surface area contributed by atoms with Crippen LogP contribution in [0.5, 0.6) is 5.75 Å². The largest absolute Gasteiger partial charge is 0.494 e. The second-order valence-corrected chi connectivity index (χ2v) is 6.40. The van der Waals surface area contributed by atoms with E-state index in [2.05, 4.69) is 5.32 Å². The first-order valence-electron chi connectivity index (χ1n) is 9.05. The second-order valence-electron chi connectivity index (χ2n) is 6.40. The number of ether oxygens (including phenoxy) is 1. The van der Waals surface area contributed by atoms with Crippen LogP contribution in [0.2, 0.25) is 0 Å². The van der Waals surface area contributed by atoms with Crippen molar-refractivity contribution in [3.63, 3.8) is 0 Å². The molecule has 0 aliphatic carbocycles. The molecule has 1 saturated heterocycles. The first-order chi connectivity index (χ1) is 12.1. The number of rotatable bonds is 7. The maximum absolute atomic E-state index is 12.9. The Kier molecular flexibility index (Phi) is 7.25. The summed E-state index contributed by atoms with van der Waals surface area (Å²) in [7, 11) is 0. The molecule has 2 atom stereocenters. The van der Waals surface area contributed by atoms with Crippen molar-refractivity contribution >= 4 is 11.8 Å². The Balaban J connectivity index is 2.20.